The minimum absolute atomic E-state index is 0.0242. The molecule has 148 valence electrons. The minimum Gasteiger partial charge on any atom is -0.320 e. The number of imidazole rings is 1. The van der Waals surface area contributed by atoms with Gasteiger partial charge in [0.05, 0.1) is 11.4 Å². The molecule has 0 bridgehead atoms. The summed E-state index contributed by atoms with van der Waals surface area (Å²) in [5.41, 5.74) is 1.11. The third-order valence-electron chi connectivity index (χ3n) is 5.04. The van der Waals surface area contributed by atoms with Gasteiger partial charge in [-0.15, -0.1) is 11.3 Å². The van der Waals surface area contributed by atoms with E-state index in [0.717, 1.165) is 17.7 Å². The molecule has 1 aliphatic heterocycles. The van der Waals surface area contributed by atoms with Gasteiger partial charge in [0.1, 0.15) is 10.7 Å². The summed E-state index contributed by atoms with van der Waals surface area (Å²) in [6.45, 7) is 5.99. The fourth-order valence-corrected chi connectivity index (χ4v) is 5.04. The van der Waals surface area contributed by atoms with Crippen molar-refractivity contribution in [3.8, 4) is 0 Å². The summed E-state index contributed by atoms with van der Waals surface area (Å²) < 4.78 is 30.2. The Labute approximate surface area is 165 Å². The molecular weight excluding hydrogens is 382 g/mol. The number of anilines is 1. The molecule has 1 saturated heterocycles. The summed E-state index contributed by atoms with van der Waals surface area (Å²) in [4.78, 5) is 17.6. The van der Waals surface area contributed by atoms with Crippen LogP contribution in [0.25, 0.3) is 5.65 Å². The topological polar surface area (TPSA) is 58.4 Å². The predicted octanol–water partition coefficient (Wildman–Crippen LogP) is 4.48. The Balaban J connectivity index is 1.56. The van der Waals surface area contributed by atoms with Gasteiger partial charge in [-0.1, -0.05) is 0 Å². The number of hydrogen-bond acceptors (Lipinski definition) is 4. The molecule has 5 nitrogen and oxygen atoms in total. The van der Waals surface area contributed by atoms with Crippen molar-refractivity contribution in [1.82, 2.24) is 14.7 Å². The van der Waals surface area contributed by atoms with Gasteiger partial charge in [-0.2, -0.15) is 0 Å². The van der Waals surface area contributed by atoms with Crippen LogP contribution >= 0.6 is 11.3 Å². The van der Waals surface area contributed by atoms with Crippen LogP contribution in [0.15, 0.2) is 24.5 Å². The lowest BCUT2D eigenvalue weighted by Crippen LogP contribution is -2.41. The lowest BCUT2D eigenvalue weighted by atomic mass is 9.88. The molecule has 0 radical (unpaired) electrons. The van der Waals surface area contributed by atoms with E-state index in [9.17, 15) is 13.6 Å². The lowest BCUT2D eigenvalue weighted by molar-refractivity contribution is 0.102. The fourth-order valence-electron chi connectivity index (χ4n) is 3.98. The number of nitrogens with zero attached hydrogens (tertiary/aromatic N) is 2. The van der Waals surface area contributed by atoms with Crippen molar-refractivity contribution in [3.05, 3.63) is 51.6 Å². The van der Waals surface area contributed by atoms with E-state index in [1.165, 1.54) is 27.9 Å². The zero-order valence-corrected chi connectivity index (χ0v) is 16.7. The number of piperidine rings is 1. The molecule has 0 aromatic carbocycles. The fraction of sp³-hybridized carbons (Fsp3) is 0.400. The van der Waals surface area contributed by atoms with Gasteiger partial charge in [0.25, 0.3) is 5.91 Å². The summed E-state index contributed by atoms with van der Waals surface area (Å²) in [5, 5.41) is 6.07. The van der Waals surface area contributed by atoms with Crippen molar-refractivity contribution in [2.45, 2.75) is 51.6 Å². The van der Waals surface area contributed by atoms with E-state index in [1.807, 2.05) is 0 Å². The lowest BCUT2D eigenvalue weighted by Gasteiger charge is -2.32. The van der Waals surface area contributed by atoms with Gasteiger partial charge >= 0.3 is 0 Å². The van der Waals surface area contributed by atoms with Crippen LogP contribution in [0.3, 0.4) is 0 Å². The van der Waals surface area contributed by atoms with Crippen molar-refractivity contribution in [2.75, 3.05) is 5.32 Å². The molecule has 2 unspecified atom stereocenters. The molecule has 2 atom stereocenters. The van der Waals surface area contributed by atoms with Crippen molar-refractivity contribution in [3.63, 3.8) is 0 Å². The molecule has 3 aromatic rings. The van der Waals surface area contributed by atoms with Crippen LogP contribution in [-0.2, 0) is 0 Å². The van der Waals surface area contributed by atoms with Gasteiger partial charge in [0.2, 0.25) is 0 Å². The molecular formula is C20H22F2N4OS. The first-order valence-corrected chi connectivity index (χ1v) is 10.1. The van der Waals surface area contributed by atoms with E-state index in [4.69, 9.17) is 0 Å². The Morgan fingerprint density at radius 2 is 1.93 bits per heavy atom. The van der Waals surface area contributed by atoms with E-state index in [1.54, 1.807) is 19.3 Å². The number of thiophene rings is 1. The standard InChI is InChI=1S/C20H22F2N4OS/c1-10-4-13(5-11(2)23-10)17-7-15(21)18(28-17)20(27)25-14-6-16(22)19-24-12(3)8-26(19)9-14/h6-11,13,23H,4-5H2,1-3H3,(H,25,27). The Kier molecular flexibility index (Phi) is 4.93. The zero-order chi connectivity index (χ0) is 20.0. The number of halogens is 2. The van der Waals surface area contributed by atoms with E-state index in [0.29, 0.717) is 17.8 Å². The van der Waals surface area contributed by atoms with Crippen LogP contribution in [0.5, 0.6) is 0 Å². The molecule has 28 heavy (non-hydrogen) atoms. The van der Waals surface area contributed by atoms with Crippen LogP contribution in [-0.4, -0.2) is 27.4 Å². The number of aryl methyl sites for hydroxylation is 1. The molecule has 4 heterocycles. The first kappa shape index (κ1) is 19.0. The number of pyridine rings is 1. The predicted molar refractivity (Wildman–Crippen MR) is 106 cm³/mol. The van der Waals surface area contributed by atoms with Gasteiger partial charge in [-0.3, -0.25) is 4.79 Å². The largest absolute Gasteiger partial charge is 0.320 e. The van der Waals surface area contributed by atoms with E-state index < -0.39 is 17.5 Å². The monoisotopic (exact) mass is 404 g/mol. The van der Waals surface area contributed by atoms with Gasteiger partial charge < -0.3 is 15.0 Å². The van der Waals surface area contributed by atoms with Crippen LogP contribution in [0, 0.1) is 18.6 Å². The van der Waals surface area contributed by atoms with Gasteiger partial charge in [-0.25, -0.2) is 13.8 Å². The van der Waals surface area contributed by atoms with Gasteiger partial charge in [0, 0.05) is 35.4 Å². The first-order chi connectivity index (χ1) is 13.3. The molecule has 8 heteroatoms. The highest BCUT2D eigenvalue weighted by molar-refractivity contribution is 7.14. The summed E-state index contributed by atoms with van der Waals surface area (Å²) in [5.74, 6) is -1.42. The number of hydrogen-bond donors (Lipinski definition) is 2. The molecule has 4 rings (SSSR count). The average molecular weight is 404 g/mol. The number of rotatable bonds is 3. The summed E-state index contributed by atoms with van der Waals surface area (Å²) in [7, 11) is 0. The third kappa shape index (κ3) is 3.66. The van der Waals surface area contributed by atoms with E-state index in [2.05, 4.69) is 29.5 Å². The van der Waals surface area contributed by atoms with Gasteiger partial charge in [-0.05, 0) is 45.6 Å². The summed E-state index contributed by atoms with van der Waals surface area (Å²) in [6, 6.07) is 3.37. The van der Waals surface area contributed by atoms with E-state index in [-0.39, 0.29) is 22.1 Å². The van der Waals surface area contributed by atoms with Crippen molar-refractivity contribution in [1.29, 1.82) is 0 Å². The highest BCUT2D eigenvalue weighted by Gasteiger charge is 2.28. The second-order valence-corrected chi connectivity index (χ2v) is 8.69. The second-order valence-electron chi connectivity index (χ2n) is 7.61. The van der Waals surface area contributed by atoms with Crippen LogP contribution in [0.4, 0.5) is 14.5 Å². The molecule has 0 saturated carbocycles. The number of amides is 1. The molecule has 2 N–H and O–H groups in total. The number of aromatic nitrogens is 2. The van der Waals surface area contributed by atoms with Crippen molar-refractivity contribution in [2.24, 2.45) is 0 Å². The highest BCUT2D eigenvalue weighted by atomic mass is 32.1. The number of nitrogens with one attached hydrogen (secondary N) is 2. The van der Waals surface area contributed by atoms with Crippen LogP contribution in [0.2, 0.25) is 0 Å². The number of carbonyl (C=O) groups excluding carboxylic acids is 1. The first-order valence-electron chi connectivity index (χ1n) is 9.31. The van der Waals surface area contributed by atoms with Crippen LogP contribution < -0.4 is 10.6 Å². The number of fused-ring (bicyclic) bond motifs is 1. The maximum absolute atomic E-state index is 14.5. The minimum atomic E-state index is -0.570. The second kappa shape index (κ2) is 7.25. The molecule has 0 spiro atoms. The molecule has 1 aliphatic rings. The molecule has 1 amide bonds. The Bertz CT molecular complexity index is 1030. The zero-order valence-electron chi connectivity index (χ0n) is 15.9. The quantitative estimate of drug-likeness (QED) is 0.677. The average Bonchev–Trinajstić information content (AvgIpc) is 3.16. The van der Waals surface area contributed by atoms with E-state index >= 15 is 0 Å². The van der Waals surface area contributed by atoms with Crippen molar-refractivity contribution < 1.29 is 13.6 Å². The van der Waals surface area contributed by atoms with Gasteiger partial charge in [0.15, 0.2) is 11.5 Å². The molecule has 0 aliphatic carbocycles. The maximum atomic E-state index is 14.5. The Hall–Kier alpha value is -2.32. The Morgan fingerprint density at radius 1 is 1.21 bits per heavy atom. The van der Waals surface area contributed by atoms with Crippen LogP contribution in [0.1, 0.15) is 52.8 Å². The Morgan fingerprint density at radius 3 is 2.64 bits per heavy atom. The van der Waals surface area contributed by atoms with Crippen molar-refractivity contribution >= 4 is 28.6 Å². The smallest absolute Gasteiger partial charge is 0.268 e. The molecule has 3 aromatic heterocycles. The maximum Gasteiger partial charge on any atom is 0.268 e. The number of carbonyl (C=O) groups is 1. The SMILES string of the molecule is Cc1cn2cc(NC(=O)c3sc(C4CC(C)NC(C)C4)cc3F)cc(F)c2n1. The summed E-state index contributed by atoms with van der Waals surface area (Å²) >= 11 is 1.18. The molecule has 1 fully saturated rings. The highest BCUT2D eigenvalue weighted by Crippen LogP contribution is 2.36. The third-order valence-corrected chi connectivity index (χ3v) is 6.32. The normalized spacial score (nSPS) is 22.5. The summed E-state index contributed by atoms with van der Waals surface area (Å²) in [6.07, 6.45) is 5.05.